The Morgan fingerprint density at radius 1 is 0.867 bits per heavy atom. The average molecular weight is 301 g/mol. The van der Waals surface area contributed by atoms with Gasteiger partial charge in [0.25, 0.3) is 0 Å². The lowest BCUT2D eigenvalue weighted by Crippen LogP contribution is -2.31. The zero-order valence-electron chi connectivity index (χ0n) is 8.84. The Hall–Kier alpha value is 1.75. The predicted molar refractivity (Wildman–Crippen MR) is 86.8 cm³/mol. The molecule has 3 atom stereocenters. The van der Waals surface area contributed by atoms with Crippen LogP contribution in [-0.2, 0) is 0 Å². The molecule has 0 radical (unpaired) electrons. The van der Waals surface area contributed by atoms with Crippen LogP contribution in [0.5, 0.6) is 0 Å². The van der Waals surface area contributed by atoms with Gasteiger partial charge in [-0.25, -0.2) is 0 Å². The van der Waals surface area contributed by atoms with Crippen molar-refractivity contribution in [3.05, 3.63) is 0 Å². The van der Waals surface area contributed by atoms with E-state index in [4.69, 9.17) is 0 Å². The molecule has 0 aliphatic carbocycles. The molecule has 1 aliphatic heterocycles. The van der Waals surface area contributed by atoms with E-state index >= 15 is 0 Å². The minimum absolute atomic E-state index is 0.790. The van der Waals surface area contributed by atoms with Gasteiger partial charge in [0, 0.05) is 21.5 Å². The highest BCUT2D eigenvalue weighted by Crippen LogP contribution is 2.40. The zero-order valence-corrected chi connectivity index (χ0v) is 13.2. The van der Waals surface area contributed by atoms with Crippen LogP contribution < -0.4 is 0 Å². The van der Waals surface area contributed by atoms with E-state index in [1.165, 1.54) is 25.0 Å². The molecule has 1 aliphatic rings. The van der Waals surface area contributed by atoms with E-state index in [1.807, 2.05) is 0 Å². The Morgan fingerprint density at radius 2 is 1.47 bits per heavy atom. The van der Waals surface area contributed by atoms with E-state index in [-0.39, 0.29) is 0 Å². The number of rotatable bonds is 6. The van der Waals surface area contributed by atoms with Gasteiger partial charge in [0.15, 0.2) is 0 Å². The fraction of sp³-hybridized carbons (Fsp3) is 1.00. The van der Waals surface area contributed by atoms with Crippen molar-refractivity contribution in [3.63, 3.8) is 0 Å². The minimum Gasteiger partial charge on any atom is -0.179 e. The summed E-state index contributed by atoms with van der Waals surface area (Å²) in [6.07, 6.45) is 3.73. The Kier molecular flexibility index (Phi) is 8.67. The van der Waals surface area contributed by atoms with Crippen LogP contribution in [-0.4, -0.2) is 38.8 Å². The monoisotopic (exact) mass is 300 g/mol. The van der Waals surface area contributed by atoms with Crippen molar-refractivity contribution in [2.75, 3.05) is 23.0 Å². The lowest BCUT2D eigenvalue weighted by atomic mass is 10.2. The summed E-state index contributed by atoms with van der Waals surface area (Å²) >= 11 is 17.4. The lowest BCUT2D eigenvalue weighted by molar-refractivity contribution is 0.729. The highest BCUT2D eigenvalue weighted by atomic mass is 32.2. The Balaban J connectivity index is 2.41. The van der Waals surface area contributed by atoms with Gasteiger partial charge in [-0.1, -0.05) is 0 Å². The summed E-state index contributed by atoms with van der Waals surface area (Å²) in [7, 11) is 0. The molecule has 5 heteroatoms. The zero-order chi connectivity index (χ0) is 11.1. The molecule has 15 heavy (non-hydrogen) atoms. The largest absolute Gasteiger partial charge is 0.179 e. The molecule has 1 heterocycles. The number of hydrogen-bond donors (Lipinski definition) is 3. The molecule has 1 rings (SSSR count). The second-order valence-corrected chi connectivity index (χ2v) is 7.86. The summed E-state index contributed by atoms with van der Waals surface area (Å²) in [6.45, 7) is 0. The normalized spacial score (nSPS) is 31.8. The van der Waals surface area contributed by atoms with Gasteiger partial charge in [0.2, 0.25) is 0 Å². The van der Waals surface area contributed by atoms with Crippen molar-refractivity contribution >= 4 is 61.4 Å². The van der Waals surface area contributed by atoms with E-state index in [2.05, 4.69) is 61.4 Å². The summed E-state index contributed by atoms with van der Waals surface area (Å²) < 4.78 is 0. The smallest absolute Gasteiger partial charge is 0.0177 e. The van der Waals surface area contributed by atoms with Gasteiger partial charge in [-0.2, -0.15) is 61.4 Å². The van der Waals surface area contributed by atoms with Crippen molar-refractivity contribution in [2.24, 2.45) is 0 Å². The van der Waals surface area contributed by atoms with Gasteiger partial charge in [0.05, 0.1) is 0 Å². The van der Waals surface area contributed by atoms with Crippen LogP contribution >= 0.6 is 61.4 Å². The second kappa shape index (κ2) is 8.78. The first-order valence-corrected chi connectivity index (χ1v) is 9.30. The van der Waals surface area contributed by atoms with Gasteiger partial charge in [-0.15, -0.1) is 0 Å². The van der Waals surface area contributed by atoms with Crippen LogP contribution in [0.4, 0.5) is 0 Å². The SMILES string of the molecule is SCCC1CSC(CCS)C(CCS)S1. The van der Waals surface area contributed by atoms with Crippen LogP contribution in [0.1, 0.15) is 19.3 Å². The first-order valence-electron chi connectivity index (χ1n) is 5.41. The van der Waals surface area contributed by atoms with Crippen LogP contribution in [0.2, 0.25) is 0 Å². The predicted octanol–water partition coefficient (Wildman–Crippen LogP) is 3.53. The first kappa shape index (κ1) is 14.8. The Labute approximate surface area is 119 Å². The fourth-order valence-corrected chi connectivity index (χ4v) is 6.73. The maximum Gasteiger partial charge on any atom is 0.0177 e. The topological polar surface area (TPSA) is 0 Å². The first-order chi connectivity index (χ1) is 7.31. The summed E-state index contributed by atoms with van der Waals surface area (Å²) in [5.74, 6) is 4.34. The van der Waals surface area contributed by atoms with Gasteiger partial charge in [0.1, 0.15) is 0 Å². The number of thiol groups is 3. The second-order valence-electron chi connectivity index (χ2n) is 3.71. The molecular weight excluding hydrogens is 280 g/mol. The molecule has 0 saturated carbocycles. The number of hydrogen-bond acceptors (Lipinski definition) is 5. The molecule has 0 N–H and O–H groups in total. The van der Waals surface area contributed by atoms with Gasteiger partial charge in [-0.3, -0.25) is 0 Å². The average Bonchev–Trinajstić information content (AvgIpc) is 2.23. The maximum absolute atomic E-state index is 4.36. The number of thioether (sulfide) groups is 2. The minimum atomic E-state index is 0.790. The molecule has 0 aromatic carbocycles. The third-order valence-electron chi connectivity index (χ3n) is 2.56. The van der Waals surface area contributed by atoms with Crippen molar-refractivity contribution in [3.8, 4) is 0 Å². The van der Waals surface area contributed by atoms with Gasteiger partial charge in [-0.05, 0) is 36.5 Å². The van der Waals surface area contributed by atoms with E-state index in [0.29, 0.717) is 0 Å². The van der Waals surface area contributed by atoms with Crippen molar-refractivity contribution in [2.45, 2.75) is 35.0 Å². The van der Waals surface area contributed by atoms with E-state index in [0.717, 1.165) is 33.0 Å². The Morgan fingerprint density at radius 3 is 2.07 bits per heavy atom. The third-order valence-corrected chi connectivity index (χ3v) is 7.00. The molecule has 90 valence electrons. The van der Waals surface area contributed by atoms with Crippen molar-refractivity contribution in [1.29, 1.82) is 0 Å². The highest BCUT2D eigenvalue weighted by Gasteiger charge is 2.30. The summed E-state index contributed by atoms with van der Waals surface area (Å²) in [6, 6.07) is 0. The lowest BCUT2D eigenvalue weighted by Gasteiger charge is -2.35. The highest BCUT2D eigenvalue weighted by molar-refractivity contribution is 8.07. The summed E-state index contributed by atoms with van der Waals surface area (Å²) in [4.78, 5) is 0. The van der Waals surface area contributed by atoms with Gasteiger partial charge < -0.3 is 0 Å². The third kappa shape index (κ3) is 5.28. The molecule has 1 saturated heterocycles. The summed E-state index contributed by atoms with van der Waals surface area (Å²) in [5, 5.41) is 2.41. The quantitative estimate of drug-likeness (QED) is 0.642. The molecule has 3 unspecified atom stereocenters. The fourth-order valence-electron chi connectivity index (χ4n) is 1.79. The molecule has 0 amide bonds. The maximum atomic E-state index is 4.36. The van der Waals surface area contributed by atoms with E-state index < -0.39 is 0 Å². The van der Waals surface area contributed by atoms with Crippen molar-refractivity contribution in [1.82, 2.24) is 0 Å². The van der Waals surface area contributed by atoms with Crippen LogP contribution in [0, 0.1) is 0 Å². The summed E-state index contributed by atoms with van der Waals surface area (Å²) in [5.41, 5.74) is 0. The van der Waals surface area contributed by atoms with Gasteiger partial charge >= 0.3 is 0 Å². The Bertz CT molecular complexity index is 164. The van der Waals surface area contributed by atoms with E-state index in [9.17, 15) is 0 Å². The molecular formula is C10H20S5. The van der Waals surface area contributed by atoms with Crippen LogP contribution in [0.3, 0.4) is 0 Å². The molecule has 0 aromatic rings. The molecule has 0 spiro atoms. The molecule has 0 nitrogen and oxygen atoms in total. The standard InChI is InChI=1S/C10H20S5/c11-4-1-8-7-14-9(2-5-12)10(15-8)3-6-13/h8-13H,1-7H2. The van der Waals surface area contributed by atoms with Crippen LogP contribution in [0.25, 0.3) is 0 Å². The molecule has 0 bridgehead atoms. The molecule has 1 fully saturated rings. The van der Waals surface area contributed by atoms with Crippen molar-refractivity contribution < 1.29 is 0 Å². The van der Waals surface area contributed by atoms with E-state index in [1.54, 1.807) is 0 Å². The van der Waals surface area contributed by atoms with Crippen LogP contribution in [0.15, 0.2) is 0 Å². The molecule has 0 aromatic heterocycles.